The minimum atomic E-state index is -0.0453. The Balaban J connectivity index is 2.95. The van der Waals surface area contributed by atoms with E-state index >= 15 is 0 Å². The quantitative estimate of drug-likeness (QED) is 0.539. The van der Waals surface area contributed by atoms with Gasteiger partial charge in [-0.1, -0.05) is 67.7 Å². The van der Waals surface area contributed by atoms with Gasteiger partial charge < -0.3 is 0 Å². The Labute approximate surface area is 90.2 Å². The first-order chi connectivity index (χ1) is 6.23. The van der Waals surface area contributed by atoms with Crippen molar-refractivity contribution >= 4 is 7.92 Å². The lowest BCUT2D eigenvalue weighted by atomic mass is 10.2. The monoisotopic (exact) mass is 210 g/mol. The molecule has 1 aliphatic rings. The van der Waals surface area contributed by atoms with Crippen molar-refractivity contribution in [3.05, 3.63) is 23.5 Å². The van der Waals surface area contributed by atoms with Gasteiger partial charge in [-0.2, -0.15) is 0 Å². The highest BCUT2D eigenvalue weighted by Gasteiger charge is 2.36. The summed E-state index contributed by atoms with van der Waals surface area (Å²) < 4.78 is 0. The molecule has 0 saturated carbocycles. The van der Waals surface area contributed by atoms with Crippen LogP contribution in [-0.2, 0) is 0 Å². The van der Waals surface area contributed by atoms with Crippen molar-refractivity contribution in [2.75, 3.05) is 0 Å². The van der Waals surface area contributed by atoms with Gasteiger partial charge in [0.25, 0.3) is 0 Å². The summed E-state index contributed by atoms with van der Waals surface area (Å²) in [7, 11) is -0.0453. The Bertz CT molecular complexity index is 244. The number of hydrogen-bond donors (Lipinski definition) is 0. The van der Waals surface area contributed by atoms with E-state index < -0.39 is 0 Å². The molecule has 0 bridgehead atoms. The van der Waals surface area contributed by atoms with E-state index in [1.165, 1.54) is 6.42 Å². The average Bonchev–Trinajstić information content (AvgIpc) is 2.31. The Hall–Kier alpha value is -0.0900. The molecular formula is C13H23P. The zero-order valence-corrected chi connectivity index (χ0v) is 11.3. The van der Waals surface area contributed by atoms with Crippen LogP contribution in [0.25, 0.3) is 0 Å². The second-order valence-corrected chi connectivity index (χ2v) is 9.90. The SMILES string of the molecule is CC(C)(C)P(C1=CC=CC1)C(C)(C)C. The van der Waals surface area contributed by atoms with Gasteiger partial charge in [0.1, 0.15) is 0 Å². The molecule has 0 spiro atoms. The van der Waals surface area contributed by atoms with Crippen molar-refractivity contribution in [1.82, 2.24) is 0 Å². The molecule has 0 saturated heterocycles. The van der Waals surface area contributed by atoms with Crippen LogP contribution in [0.15, 0.2) is 23.5 Å². The molecule has 80 valence electrons. The minimum Gasteiger partial charge on any atom is -0.0801 e. The maximum Gasteiger partial charge on any atom is -0.00895 e. The molecule has 0 unspecified atom stereocenters. The molecule has 0 aromatic rings. The molecule has 0 nitrogen and oxygen atoms in total. The maximum atomic E-state index is 2.38. The minimum absolute atomic E-state index is 0.0453. The smallest absolute Gasteiger partial charge is 0.00895 e. The van der Waals surface area contributed by atoms with Gasteiger partial charge in [0.15, 0.2) is 0 Å². The van der Waals surface area contributed by atoms with Crippen LogP contribution in [0.4, 0.5) is 0 Å². The van der Waals surface area contributed by atoms with Crippen molar-refractivity contribution in [1.29, 1.82) is 0 Å². The summed E-state index contributed by atoms with van der Waals surface area (Å²) >= 11 is 0. The average molecular weight is 210 g/mol. The topological polar surface area (TPSA) is 0 Å². The van der Waals surface area contributed by atoms with Crippen molar-refractivity contribution < 1.29 is 0 Å². The van der Waals surface area contributed by atoms with E-state index in [1.807, 2.05) is 0 Å². The second kappa shape index (κ2) is 3.81. The normalized spacial score (nSPS) is 17.8. The molecule has 0 fully saturated rings. The molecule has 1 rings (SSSR count). The van der Waals surface area contributed by atoms with Gasteiger partial charge in [0, 0.05) is 0 Å². The first kappa shape index (κ1) is 12.0. The number of rotatable bonds is 1. The van der Waals surface area contributed by atoms with Crippen molar-refractivity contribution in [2.45, 2.75) is 58.3 Å². The third-order valence-electron chi connectivity index (χ3n) is 2.38. The number of hydrogen-bond acceptors (Lipinski definition) is 0. The highest BCUT2D eigenvalue weighted by atomic mass is 31.1. The van der Waals surface area contributed by atoms with Crippen LogP contribution in [0.5, 0.6) is 0 Å². The zero-order valence-electron chi connectivity index (χ0n) is 10.4. The largest absolute Gasteiger partial charge is 0.0801 e. The van der Waals surface area contributed by atoms with Crippen LogP contribution in [-0.4, -0.2) is 10.3 Å². The lowest BCUT2D eigenvalue weighted by Gasteiger charge is -2.42. The molecule has 0 N–H and O–H groups in total. The van der Waals surface area contributed by atoms with E-state index in [9.17, 15) is 0 Å². The van der Waals surface area contributed by atoms with Crippen LogP contribution < -0.4 is 0 Å². The Morgan fingerprint density at radius 3 is 1.79 bits per heavy atom. The molecule has 0 aliphatic heterocycles. The standard InChI is InChI=1S/C13H23P/c1-12(2,3)14(13(4,5)6)11-9-7-8-10-11/h7-9H,10H2,1-6H3. The highest BCUT2D eigenvalue weighted by molar-refractivity contribution is 7.65. The zero-order chi connectivity index (χ0) is 11.0. The molecule has 0 aromatic carbocycles. The maximum absolute atomic E-state index is 2.38. The fourth-order valence-corrected chi connectivity index (χ4v) is 6.73. The third kappa shape index (κ3) is 2.70. The summed E-state index contributed by atoms with van der Waals surface area (Å²) in [5.74, 6) is 0. The van der Waals surface area contributed by atoms with E-state index in [2.05, 4.69) is 59.8 Å². The highest BCUT2D eigenvalue weighted by Crippen LogP contribution is 2.66. The summed E-state index contributed by atoms with van der Waals surface area (Å²) in [6, 6.07) is 0. The summed E-state index contributed by atoms with van der Waals surface area (Å²) in [6.45, 7) is 14.3. The predicted octanol–water partition coefficient (Wildman–Crippen LogP) is 4.91. The Morgan fingerprint density at radius 1 is 1.00 bits per heavy atom. The van der Waals surface area contributed by atoms with Gasteiger partial charge in [0.2, 0.25) is 0 Å². The summed E-state index contributed by atoms with van der Waals surface area (Å²) in [5.41, 5.74) is 0. The number of allylic oxidation sites excluding steroid dienone is 4. The first-order valence-corrected chi connectivity index (χ1v) is 6.73. The van der Waals surface area contributed by atoms with Gasteiger partial charge in [-0.3, -0.25) is 0 Å². The van der Waals surface area contributed by atoms with Crippen LogP contribution in [0.3, 0.4) is 0 Å². The molecule has 1 aliphatic carbocycles. The fraction of sp³-hybridized carbons (Fsp3) is 0.692. The van der Waals surface area contributed by atoms with Crippen LogP contribution >= 0.6 is 7.92 Å². The molecule has 0 aromatic heterocycles. The Morgan fingerprint density at radius 2 is 1.50 bits per heavy atom. The third-order valence-corrected chi connectivity index (χ3v) is 5.97. The molecule has 1 heteroatoms. The molecule has 0 radical (unpaired) electrons. The van der Waals surface area contributed by atoms with Crippen molar-refractivity contribution in [2.24, 2.45) is 0 Å². The predicted molar refractivity (Wildman–Crippen MR) is 68.3 cm³/mol. The van der Waals surface area contributed by atoms with E-state index in [1.54, 1.807) is 5.31 Å². The van der Waals surface area contributed by atoms with Crippen LogP contribution in [0.1, 0.15) is 48.0 Å². The van der Waals surface area contributed by atoms with Gasteiger partial charge >= 0.3 is 0 Å². The van der Waals surface area contributed by atoms with E-state index in [-0.39, 0.29) is 7.92 Å². The molecule has 0 amide bonds. The fourth-order valence-electron chi connectivity index (χ4n) is 2.47. The summed E-state index contributed by atoms with van der Waals surface area (Å²) in [4.78, 5) is 0. The molecule has 0 heterocycles. The second-order valence-electron chi connectivity index (χ2n) is 5.97. The van der Waals surface area contributed by atoms with Crippen LogP contribution in [0, 0.1) is 0 Å². The van der Waals surface area contributed by atoms with Crippen molar-refractivity contribution in [3.63, 3.8) is 0 Å². The lowest BCUT2D eigenvalue weighted by molar-refractivity contribution is 0.710. The van der Waals surface area contributed by atoms with Gasteiger partial charge in [-0.15, -0.1) is 0 Å². The van der Waals surface area contributed by atoms with E-state index in [0.717, 1.165) is 0 Å². The lowest BCUT2D eigenvalue weighted by Crippen LogP contribution is -2.25. The Kier molecular flexibility index (Phi) is 3.26. The first-order valence-electron chi connectivity index (χ1n) is 5.39. The van der Waals surface area contributed by atoms with Crippen molar-refractivity contribution in [3.8, 4) is 0 Å². The summed E-state index contributed by atoms with van der Waals surface area (Å²) in [5, 5.41) is 2.51. The van der Waals surface area contributed by atoms with Gasteiger partial charge in [-0.05, 0) is 22.0 Å². The van der Waals surface area contributed by atoms with Gasteiger partial charge in [0.05, 0.1) is 0 Å². The van der Waals surface area contributed by atoms with Gasteiger partial charge in [-0.25, -0.2) is 0 Å². The van der Waals surface area contributed by atoms with E-state index in [0.29, 0.717) is 10.3 Å². The molecule has 0 atom stereocenters. The molecular weight excluding hydrogens is 187 g/mol. The molecule has 14 heavy (non-hydrogen) atoms. The van der Waals surface area contributed by atoms with Crippen LogP contribution in [0.2, 0.25) is 0 Å². The van der Waals surface area contributed by atoms with E-state index in [4.69, 9.17) is 0 Å². The summed E-state index contributed by atoms with van der Waals surface area (Å²) in [6.07, 6.45) is 8.01.